The molecule has 5 nitrogen and oxygen atoms in total. The third-order valence-electron chi connectivity index (χ3n) is 3.63. The van der Waals surface area contributed by atoms with Crippen molar-refractivity contribution < 1.29 is 14.6 Å². The molecular formula is C18H14N2O3S. The molecule has 0 saturated heterocycles. The molecular weight excluding hydrogens is 324 g/mol. The van der Waals surface area contributed by atoms with Crippen molar-refractivity contribution in [2.75, 3.05) is 0 Å². The fraction of sp³-hybridized carbons (Fsp3) is 0.167. The molecule has 0 fully saturated rings. The van der Waals surface area contributed by atoms with E-state index in [9.17, 15) is 9.90 Å². The Balaban J connectivity index is 2.19. The first kappa shape index (κ1) is 16.0. The maximum Gasteiger partial charge on any atom is 0.347 e. The largest absolute Gasteiger partial charge is 0.478 e. The average molecular weight is 338 g/mol. The summed E-state index contributed by atoms with van der Waals surface area (Å²) in [6.07, 6.45) is 0. The van der Waals surface area contributed by atoms with Crippen LogP contribution in [-0.2, 0) is 4.79 Å². The number of aromatic nitrogens is 1. The maximum absolute atomic E-state index is 11.4. The highest BCUT2D eigenvalue weighted by Crippen LogP contribution is 2.40. The van der Waals surface area contributed by atoms with Gasteiger partial charge in [0.2, 0.25) is 0 Å². The van der Waals surface area contributed by atoms with Crippen molar-refractivity contribution >= 4 is 33.2 Å². The van der Waals surface area contributed by atoms with Gasteiger partial charge in [0.1, 0.15) is 5.75 Å². The van der Waals surface area contributed by atoms with Gasteiger partial charge in [0, 0.05) is 5.56 Å². The number of fused-ring (bicyclic) bond motifs is 1. The van der Waals surface area contributed by atoms with Crippen LogP contribution >= 0.6 is 11.3 Å². The average Bonchev–Trinajstić information content (AvgIpc) is 3.03. The molecule has 0 unspecified atom stereocenters. The van der Waals surface area contributed by atoms with Crippen LogP contribution in [0.25, 0.3) is 26.2 Å². The van der Waals surface area contributed by atoms with Crippen LogP contribution in [-0.4, -0.2) is 21.7 Å². The van der Waals surface area contributed by atoms with E-state index in [2.05, 4.69) is 9.83 Å². The molecule has 120 valence electrons. The molecule has 3 aromatic rings. The number of carbonyl (C=O) groups is 1. The number of rotatable bonds is 4. The topological polar surface area (TPSA) is 63.8 Å². The van der Waals surface area contributed by atoms with Crippen LogP contribution in [0, 0.1) is 6.57 Å². The predicted molar refractivity (Wildman–Crippen MR) is 93.7 cm³/mol. The molecule has 0 aliphatic rings. The second-order valence-corrected chi connectivity index (χ2v) is 6.57. The smallest absolute Gasteiger partial charge is 0.347 e. The van der Waals surface area contributed by atoms with Crippen LogP contribution < -0.4 is 4.74 Å². The molecule has 0 aliphatic carbocycles. The number of carboxylic acids is 1. The zero-order valence-corrected chi connectivity index (χ0v) is 13.9. The molecule has 0 radical (unpaired) electrons. The lowest BCUT2D eigenvalue weighted by molar-refractivity contribution is -0.152. The quantitative estimate of drug-likeness (QED) is 0.697. The van der Waals surface area contributed by atoms with E-state index in [-0.39, 0.29) is 0 Å². The van der Waals surface area contributed by atoms with E-state index < -0.39 is 11.6 Å². The lowest BCUT2D eigenvalue weighted by Crippen LogP contribution is -2.38. The Hall–Kier alpha value is -2.91. The molecule has 0 aliphatic heterocycles. The van der Waals surface area contributed by atoms with E-state index in [0.29, 0.717) is 11.4 Å². The third-order valence-corrected chi connectivity index (χ3v) is 4.49. The van der Waals surface area contributed by atoms with Gasteiger partial charge in [-0.1, -0.05) is 24.3 Å². The van der Waals surface area contributed by atoms with E-state index in [1.54, 1.807) is 23.7 Å². The minimum atomic E-state index is -1.36. The molecule has 0 saturated carbocycles. The highest BCUT2D eigenvalue weighted by atomic mass is 32.1. The summed E-state index contributed by atoms with van der Waals surface area (Å²) in [7, 11) is 0. The van der Waals surface area contributed by atoms with Gasteiger partial charge in [-0.05, 0) is 31.5 Å². The van der Waals surface area contributed by atoms with Crippen molar-refractivity contribution in [3.05, 3.63) is 53.3 Å². The lowest BCUT2D eigenvalue weighted by atomic mass is 10.0. The van der Waals surface area contributed by atoms with E-state index in [1.807, 2.05) is 18.2 Å². The molecule has 1 N–H and O–H groups in total. The van der Waals surface area contributed by atoms with Gasteiger partial charge in [0.05, 0.1) is 22.3 Å². The molecule has 6 heteroatoms. The number of carboxylic acid groups (broad SMARTS) is 1. The lowest BCUT2D eigenvalue weighted by Gasteiger charge is -2.23. The van der Waals surface area contributed by atoms with Crippen LogP contribution in [0.2, 0.25) is 0 Å². The molecule has 2 aromatic carbocycles. The third kappa shape index (κ3) is 2.82. The first-order chi connectivity index (χ1) is 11.4. The van der Waals surface area contributed by atoms with Gasteiger partial charge >= 0.3 is 5.97 Å². The summed E-state index contributed by atoms with van der Waals surface area (Å²) in [6.45, 7) is 10.1. The van der Waals surface area contributed by atoms with Crippen LogP contribution in [0.15, 0.2) is 41.9 Å². The Labute approximate surface area is 143 Å². The Morgan fingerprint density at radius 1 is 1.25 bits per heavy atom. The van der Waals surface area contributed by atoms with Crippen LogP contribution in [0.1, 0.15) is 13.8 Å². The highest BCUT2D eigenvalue weighted by molar-refractivity contribution is 7.17. The van der Waals surface area contributed by atoms with Gasteiger partial charge in [0.15, 0.2) is 11.3 Å². The number of benzene rings is 2. The Morgan fingerprint density at radius 3 is 2.58 bits per heavy atom. The van der Waals surface area contributed by atoms with E-state index in [0.717, 1.165) is 21.3 Å². The number of thiazole rings is 1. The van der Waals surface area contributed by atoms with Gasteiger partial charge in [0.25, 0.3) is 0 Å². The number of hydrogen-bond donors (Lipinski definition) is 1. The number of ether oxygens (including phenoxy) is 1. The van der Waals surface area contributed by atoms with Gasteiger partial charge in [-0.2, -0.15) is 0 Å². The van der Waals surface area contributed by atoms with Crippen molar-refractivity contribution in [1.82, 2.24) is 4.98 Å². The molecule has 0 amide bonds. The van der Waals surface area contributed by atoms with Gasteiger partial charge in [-0.15, -0.1) is 11.3 Å². The molecule has 1 aromatic heterocycles. The standard InChI is InChI=1S/C18H14N2O3S/c1-18(2,17(21)22)23-14-9-8-13-16(24-10-20-13)15(14)11-4-6-12(19-3)7-5-11/h4-10H,1-2H3,(H,21,22). The summed E-state index contributed by atoms with van der Waals surface area (Å²) in [4.78, 5) is 19.1. The summed E-state index contributed by atoms with van der Waals surface area (Å²) in [5.41, 5.74) is 3.40. The second-order valence-electron chi connectivity index (χ2n) is 5.72. The molecule has 0 bridgehead atoms. The Morgan fingerprint density at radius 2 is 1.96 bits per heavy atom. The summed E-state index contributed by atoms with van der Waals surface area (Å²) in [5.74, 6) is -0.559. The van der Waals surface area contributed by atoms with Gasteiger partial charge < -0.3 is 9.84 Å². The number of aliphatic carboxylic acids is 1. The van der Waals surface area contributed by atoms with E-state index >= 15 is 0 Å². The van der Waals surface area contributed by atoms with E-state index in [1.165, 1.54) is 25.2 Å². The first-order valence-electron chi connectivity index (χ1n) is 7.19. The van der Waals surface area contributed by atoms with Crippen molar-refractivity contribution in [3.63, 3.8) is 0 Å². The number of hydrogen-bond acceptors (Lipinski definition) is 4. The van der Waals surface area contributed by atoms with Crippen LogP contribution in [0.3, 0.4) is 0 Å². The van der Waals surface area contributed by atoms with Gasteiger partial charge in [-0.25, -0.2) is 14.6 Å². The van der Waals surface area contributed by atoms with Crippen molar-refractivity contribution in [1.29, 1.82) is 0 Å². The first-order valence-corrected chi connectivity index (χ1v) is 8.07. The Bertz CT molecular complexity index is 953. The fourth-order valence-electron chi connectivity index (χ4n) is 2.29. The summed E-state index contributed by atoms with van der Waals surface area (Å²) < 4.78 is 6.72. The zero-order chi connectivity index (χ0) is 17.3. The summed E-state index contributed by atoms with van der Waals surface area (Å²) in [5, 5.41) is 9.34. The molecule has 24 heavy (non-hydrogen) atoms. The maximum atomic E-state index is 11.4. The van der Waals surface area contributed by atoms with Crippen molar-refractivity contribution in [2.45, 2.75) is 19.4 Å². The molecule has 0 spiro atoms. The second kappa shape index (κ2) is 5.95. The van der Waals surface area contributed by atoms with Crippen molar-refractivity contribution in [3.8, 4) is 16.9 Å². The van der Waals surface area contributed by atoms with E-state index in [4.69, 9.17) is 11.3 Å². The molecule has 3 rings (SSSR count). The molecule has 0 atom stereocenters. The SMILES string of the molecule is [C-]#[N+]c1ccc(-c2c(OC(C)(C)C(=O)O)ccc3ncsc23)cc1. The Kier molecular flexibility index (Phi) is 3.96. The summed E-state index contributed by atoms with van der Waals surface area (Å²) in [6, 6.07) is 10.7. The summed E-state index contributed by atoms with van der Waals surface area (Å²) >= 11 is 1.47. The van der Waals surface area contributed by atoms with Gasteiger partial charge in [-0.3, -0.25) is 0 Å². The van der Waals surface area contributed by atoms with Crippen molar-refractivity contribution in [2.24, 2.45) is 0 Å². The highest BCUT2D eigenvalue weighted by Gasteiger charge is 2.31. The molecule has 1 heterocycles. The van der Waals surface area contributed by atoms with Crippen LogP contribution in [0.5, 0.6) is 5.75 Å². The predicted octanol–water partition coefficient (Wildman–Crippen LogP) is 4.76. The normalized spacial score (nSPS) is 11.2. The minimum absolute atomic E-state index is 0.481. The number of nitrogens with zero attached hydrogens (tertiary/aromatic N) is 2. The monoisotopic (exact) mass is 338 g/mol. The zero-order valence-electron chi connectivity index (χ0n) is 13.1. The fourth-order valence-corrected chi connectivity index (χ4v) is 3.14. The minimum Gasteiger partial charge on any atom is -0.478 e. The van der Waals surface area contributed by atoms with Crippen LogP contribution in [0.4, 0.5) is 5.69 Å².